The summed E-state index contributed by atoms with van der Waals surface area (Å²) in [7, 11) is 0. The van der Waals surface area contributed by atoms with E-state index in [2.05, 4.69) is 51.0 Å². The van der Waals surface area contributed by atoms with Crippen molar-refractivity contribution in [2.75, 3.05) is 40.9 Å². The van der Waals surface area contributed by atoms with E-state index < -0.39 is 0 Å². The number of anilines is 2. The molecule has 1 aromatic carbocycles. The largest absolute Gasteiger partial charge is 0.355 e. The highest BCUT2D eigenvalue weighted by atomic mass is 32.2. The average molecular weight is 326 g/mol. The highest BCUT2D eigenvalue weighted by Crippen LogP contribution is 2.26. The second-order valence-corrected chi connectivity index (χ2v) is 7.50. The Morgan fingerprint density at radius 2 is 1.70 bits per heavy atom. The molecule has 0 saturated carbocycles. The summed E-state index contributed by atoms with van der Waals surface area (Å²) in [6, 6.07) is 8.96. The van der Waals surface area contributed by atoms with Crippen molar-refractivity contribution in [3.8, 4) is 0 Å². The fraction of sp³-hybridized carbons (Fsp3) is 0.444. The van der Waals surface area contributed by atoms with E-state index >= 15 is 0 Å². The van der Waals surface area contributed by atoms with Crippen molar-refractivity contribution in [3.63, 3.8) is 0 Å². The number of fused-ring (bicyclic) bond motifs is 1. The van der Waals surface area contributed by atoms with Crippen LogP contribution in [0.25, 0.3) is 0 Å². The third-order valence-electron chi connectivity index (χ3n) is 4.67. The van der Waals surface area contributed by atoms with Gasteiger partial charge in [0, 0.05) is 43.8 Å². The second-order valence-electron chi connectivity index (χ2n) is 6.28. The molecule has 1 fully saturated rings. The lowest BCUT2D eigenvalue weighted by molar-refractivity contribution is 0.716. The first-order valence-corrected chi connectivity index (χ1v) is 9.43. The summed E-state index contributed by atoms with van der Waals surface area (Å²) >= 11 is 2.02. The van der Waals surface area contributed by atoms with E-state index in [1.807, 2.05) is 11.8 Å². The van der Waals surface area contributed by atoms with E-state index in [4.69, 9.17) is 0 Å². The molecule has 2 aliphatic rings. The van der Waals surface area contributed by atoms with Crippen LogP contribution in [0.5, 0.6) is 0 Å². The molecule has 5 heteroatoms. The van der Waals surface area contributed by atoms with Crippen molar-refractivity contribution in [2.45, 2.75) is 19.9 Å². The summed E-state index contributed by atoms with van der Waals surface area (Å²) in [6.45, 7) is 6.31. The van der Waals surface area contributed by atoms with Crippen molar-refractivity contribution in [2.24, 2.45) is 0 Å². The van der Waals surface area contributed by atoms with Crippen LogP contribution in [0.3, 0.4) is 0 Å². The van der Waals surface area contributed by atoms with Gasteiger partial charge in [0.2, 0.25) is 0 Å². The van der Waals surface area contributed by atoms with Crippen LogP contribution in [0.1, 0.15) is 16.7 Å². The summed E-state index contributed by atoms with van der Waals surface area (Å²) in [6.07, 6.45) is 2.81. The van der Waals surface area contributed by atoms with Gasteiger partial charge in [-0.05, 0) is 24.5 Å². The molecule has 0 spiro atoms. The van der Waals surface area contributed by atoms with Gasteiger partial charge in [-0.2, -0.15) is 11.8 Å². The van der Waals surface area contributed by atoms with E-state index in [1.54, 1.807) is 6.33 Å². The summed E-state index contributed by atoms with van der Waals surface area (Å²) in [5.41, 5.74) is 4.25. The molecule has 0 radical (unpaired) electrons. The Bertz CT molecular complexity index is 697. The number of aromatic nitrogens is 2. The van der Waals surface area contributed by atoms with Gasteiger partial charge >= 0.3 is 0 Å². The van der Waals surface area contributed by atoms with Gasteiger partial charge in [0.15, 0.2) is 0 Å². The first-order chi connectivity index (χ1) is 11.3. The molecule has 4 rings (SSSR count). The lowest BCUT2D eigenvalue weighted by Crippen LogP contribution is -2.34. The maximum Gasteiger partial charge on any atom is 0.134 e. The molecular weight excluding hydrogens is 304 g/mol. The molecule has 0 aliphatic carbocycles. The number of rotatable bonds is 2. The number of thioether (sulfide) groups is 1. The van der Waals surface area contributed by atoms with Gasteiger partial charge in [0.25, 0.3) is 0 Å². The van der Waals surface area contributed by atoms with Gasteiger partial charge in [-0.3, -0.25) is 0 Å². The molecule has 1 aromatic heterocycles. The molecule has 120 valence electrons. The summed E-state index contributed by atoms with van der Waals surface area (Å²) in [5.74, 6) is 4.51. The smallest absolute Gasteiger partial charge is 0.134 e. The van der Waals surface area contributed by atoms with Crippen LogP contribution >= 0.6 is 11.8 Å². The lowest BCUT2D eigenvalue weighted by Gasteiger charge is -2.31. The van der Waals surface area contributed by atoms with Crippen LogP contribution in [0.4, 0.5) is 11.6 Å². The van der Waals surface area contributed by atoms with E-state index in [-0.39, 0.29) is 0 Å². The Balaban J connectivity index is 1.56. The fourth-order valence-corrected chi connectivity index (χ4v) is 4.26. The Hall–Kier alpha value is -1.75. The molecule has 3 heterocycles. The first kappa shape index (κ1) is 14.8. The van der Waals surface area contributed by atoms with Crippen LogP contribution in [0, 0.1) is 6.92 Å². The first-order valence-electron chi connectivity index (χ1n) is 8.28. The molecular formula is C18H22N4S. The zero-order valence-electron chi connectivity index (χ0n) is 13.5. The highest BCUT2D eigenvalue weighted by Gasteiger charge is 2.19. The molecule has 0 N–H and O–H groups in total. The Kier molecular flexibility index (Phi) is 4.12. The maximum atomic E-state index is 4.54. The standard InChI is InChI=1S/C18H22N4S/c1-14-2-3-15-4-5-22(12-16(15)10-14)18-11-17(19-13-20-18)21-6-8-23-9-7-21/h2-3,10-11,13H,4-9,12H2,1H3. The van der Waals surface area contributed by atoms with Crippen LogP contribution in [-0.4, -0.2) is 41.1 Å². The minimum Gasteiger partial charge on any atom is -0.355 e. The van der Waals surface area contributed by atoms with Crippen molar-refractivity contribution >= 4 is 23.4 Å². The highest BCUT2D eigenvalue weighted by molar-refractivity contribution is 7.99. The minimum atomic E-state index is 0.948. The number of nitrogens with zero attached hydrogens (tertiary/aromatic N) is 4. The summed E-state index contributed by atoms with van der Waals surface area (Å²) in [5, 5.41) is 0. The Morgan fingerprint density at radius 3 is 2.52 bits per heavy atom. The van der Waals surface area contributed by atoms with Crippen LogP contribution < -0.4 is 9.80 Å². The predicted octanol–water partition coefficient (Wildman–Crippen LogP) is 2.90. The van der Waals surface area contributed by atoms with Crippen molar-refractivity contribution in [1.29, 1.82) is 0 Å². The number of benzene rings is 1. The predicted molar refractivity (Wildman–Crippen MR) is 97.5 cm³/mol. The number of aryl methyl sites for hydroxylation is 1. The van der Waals surface area contributed by atoms with Crippen molar-refractivity contribution in [1.82, 2.24) is 9.97 Å². The zero-order chi connectivity index (χ0) is 15.6. The van der Waals surface area contributed by atoms with Gasteiger partial charge in [0.05, 0.1) is 0 Å². The molecule has 1 saturated heterocycles. The van der Waals surface area contributed by atoms with Crippen LogP contribution in [-0.2, 0) is 13.0 Å². The van der Waals surface area contributed by atoms with E-state index in [0.29, 0.717) is 0 Å². The van der Waals surface area contributed by atoms with Gasteiger partial charge in [-0.1, -0.05) is 23.8 Å². The maximum absolute atomic E-state index is 4.54. The van der Waals surface area contributed by atoms with Gasteiger partial charge in [-0.15, -0.1) is 0 Å². The third kappa shape index (κ3) is 3.15. The lowest BCUT2D eigenvalue weighted by atomic mass is 9.98. The van der Waals surface area contributed by atoms with E-state index in [1.165, 1.54) is 28.2 Å². The normalized spacial score (nSPS) is 18.0. The molecule has 0 unspecified atom stereocenters. The minimum absolute atomic E-state index is 0.948. The molecule has 4 nitrogen and oxygen atoms in total. The molecule has 0 amide bonds. The molecule has 0 atom stereocenters. The summed E-state index contributed by atoms with van der Waals surface area (Å²) in [4.78, 5) is 13.8. The van der Waals surface area contributed by atoms with E-state index in [9.17, 15) is 0 Å². The molecule has 2 aliphatic heterocycles. The third-order valence-corrected chi connectivity index (χ3v) is 5.61. The quantitative estimate of drug-likeness (QED) is 0.847. The zero-order valence-corrected chi connectivity index (χ0v) is 14.4. The number of hydrogen-bond donors (Lipinski definition) is 0. The van der Waals surface area contributed by atoms with E-state index in [0.717, 1.165) is 44.2 Å². The second kappa shape index (κ2) is 6.40. The van der Waals surface area contributed by atoms with Crippen LogP contribution in [0.15, 0.2) is 30.6 Å². The van der Waals surface area contributed by atoms with Gasteiger partial charge < -0.3 is 9.80 Å². The monoisotopic (exact) mass is 326 g/mol. The Labute approximate surface area is 141 Å². The van der Waals surface area contributed by atoms with Gasteiger partial charge in [0.1, 0.15) is 18.0 Å². The molecule has 0 bridgehead atoms. The Morgan fingerprint density at radius 1 is 0.913 bits per heavy atom. The SMILES string of the molecule is Cc1ccc2c(c1)CN(c1cc(N3CCSCC3)ncn1)CC2. The van der Waals surface area contributed by atoms with Crippen molar-refractivity contribution in [3.05, 3.63) is 47.3 Å². The summed E-state index contributed by atoms with van der Waals surface area (Å²) < 4.78 is 0. The van der Waals surface area contributed by atoms with Gasteiger partial charge in [-0.25, -0.2) is 9.97 Å². The number of hydrogen-bond acceptors (Lipinski definition) is 5. The molecule has 2 aromatic rings. The molecule has 23 heavy (non-hydrogen) atoms. The average Bonchev–Trinajstić information content (AvgIpc) is 2.62. The topological polar surface area (TPSA) is 32.3 Å². The van der Waals surface area contributed by atoms with Crippen molar-refractivity contribution < 1.29 is 0 Å². The van der Waals surface area contributed by atoms with Crippen LogP contribution in [0.2, 0.25) is 0 Å². The fourth-order valence-electron chi connectivity index (χ4n) is 3.36.